The third-order valence-electron chi connectivity index (χ3n) is 2.88. The first kappa shape index (κ1) is 15.4. The lowest BCUT2D eigenvalue weighted by Crippen LogP contribution is -2.24. The average molecular weight is 320 g/mol. The molecule has 0 N–H and O–H groups in total. The number of hydrogen-bond acceptors (Lipinski definition) is 3. The number of para-hydroxylation sites is 1. The molecule has 0 saturated carbocycles. The van der Waals surface area contributed by atoms with Gasteiger partial charge in [-0.15, -0.1) is 0 Å². The van der Waals surface area contributed by atoms with Gasteiger partial charge in [-0.1, -0.05) is 35.3 Å². The van der Waals surface area contributed by atoms with E-state index >= 15 is 0 Å². The standard InChI is InChI=1S/C16H11Cl2NO2/c1-10(21-15-5-3-2-4-11(15)9-19)16(20)13-7-6-12(17)8-14(13)18/h2-8,10H,1H3. The molecule has 106 valence electrons. The Morgan fingerprint density at radius 2 is 1.95 bits per heavy atom. The van der Waals surface area contributed by atoms with Gasteiger partial charge in [0.1, 0.15) is 11.8 Å². The molecule has 0 heterocycles. The van der Waals surface area contributed by atoms with Gasteiger partial charge in [0.2, 0.25) is 5.78 Å². The minimum atomic E-state index is -0.766. The van der Waals surface area contributed by atoms with Gasteiger partial charge in [-0.25, -0.2) is 0 Å². The van der Waals surface area contributed by atoms with Crippen LogP contribution in [0.5, 0.6) is 5.75 Å². The van der Waals surface area contributed by atoms with Crippen LogP contribution in [0.4, 0.5) is 0 Å². The fourth-order valence-electron chi connectivity index (χ4n) is 1.81. The quantitative estimate of drug-likeness (QED) is 0.779. The maximum atomic E-state index is 12.3. The van der Waals surface area contributed by atoms with Gasteiger partial charge in [-0.3, -0.25) is 4.79 Å². The van der Waals surface area contributed by atoms with E-state index in [9.17, 15) is 4.79 Å². The van der Waals surface area contributed by atoms with Crippen LogP contribution in [0.25, 0.3) is 0 Å². The number of halogens is 2. The SMILES string of the molecule is CC(Oc1ccccc1C#N)C(=O)c1ccc(Cl)cc1Cl. The Labute approximate surface area is 132 Å². The molecule has 1 atom stereocenters. The van der Waals surface area contributed by atoms with Gasteiger partial charge >= 0.3 is 0 Å². The van der Waals surface area contributed by atoms with E-state index in [1.54, 1.807) is 43.3 Å². The zero-order valence-corrected chi connectivity index (χ0v) is 12.7. The van der Waals surface area contributed by atoms with Crippen molar-refractivity contribution in [1.82, 2.24) is 0 Å². The zero-order valence-electron chi connectivity index (χ0n) is 11.1. The highest BCUT2D eigenvalue weighted by atomic mass is 35.5. The van der Waals surface area contributed by atoms with Gasteiger partial charge in [0, 0.05) is 10.6 Å². The monoisotopic (exact) mass is 319 g/mol. The highest BCUT2D eigenvalue weighted by Gasteiger charge is 2.20. The Bertz CT molecular complexity index is 722. The molecule has 0 aliphatic carbocycles. The molecule has 0 bridgehead atoms. The topological polar surface area (TPSA) is 50.1 Å². The highest BCUT2D eigenvalue weighted by molar-refractivity contribution is 6.37. The van der Waals surface area contributed by atoms with Gasteiger partial charge in [-0.2, -0.15) is 5.26 Å². The highest BCUT2D eigenvalue weighted by Crippen LogP contribution is 2.24. The molecule has 0 spiro atoms. The molecular weight excluding hydrogens is 309 g/mol. The average Bonchev–Trinajstić information content (AvgIpc) is 2.47. The van der Waals surface area contributed by atoms with E-state index in [0.29, 0.717) is 21.9 Å². The van der Waals surface area contributed by atoms with Crippen molar-refractivity contribution in [2.75, 3.05) is 0 Å². The molecule has 1 unspecified atom stereocenters. The first-order valence-electron chi connectivity index (χ1n) is 6.18. The predicted octanol–water partition coefficient (Wildman–Crippen LogP) is 4.52. The molecule has 5 heteroatoms. The molecule has 0 aliphatic heterocycles. The van der Waals surface area contributed by atoms with E-state index in [1.165, 1.54) is 6.07 Å². The van der Waals surface area contributed by atoms with Gasteiger partial charge in [0.15, 0.2) is 6.10 Å². The van der Waals surface area contributed by atoms with Crippen LogP contribution in [0, 0.1) is 11.3 Å². The molecule has 3 nitrogen and oxygen atoms in total. The van der Waals surface area contributed by atoms with Crippen LogP contribution >= 0.6 is 23.2 Å². The Morgan fingerprint density at radius 3 is 2.62 bits per heavy atom. The number of ketones is 1. The van der Waals surface area contributed by atoms with E-state index < -0.39 is 6.10 Å². The Balaban J connectivity index is 2.22. The first-order chi connectivity index (χ1) is 10.0. The molecule has 0 radical (unpaired) electrons. The van der Waals surface area contributed by atoms with Crippen LogP contribution in [-0.2, 0) is 0 Å². The number of nitriles is 1. The molecule has 0 aliphatic rings. The first-order valence-corrected chi connectivity index (χ1v) is 6.93. The second-order valence-electron chi connectivity index (χ2n) is 4.36. The Morgan fingerprint density at radius 1 is 1.24 bits per heavy atom. The van der Waals surface area contributed by atoms with Crippen molar-refractivity contribution in [1.29, 1.82) is 5.26 Å². The number of hydrogen-bond donors (Lipinski definition) is 0. The summed E-state index contributed by atoms with van der Waals surface area (Å²) in [6, 6.07) is 13.4. The molecule has 21 heavy (non-hydrogen) atoms. The third-order valence-corrected chi connectivity index (χ3v) is 3.42. The van der Waals surface area contributed by atoms with Gasteiger partial charge < -0.3 is 4.74 Å². The second-order valence-corrected chi connectivity index (χ2v) is 5.20. The zero-order chi connectivity index (χ0) is 15.4. The number of carbonyl (C=O) groups excluding carboxylic acids is 1. The number of rotatable bonds is 4. The Kier molecular flexibility index (Phi) is 4.85. The summed E-state index contributed by atoms with van der Waals surface area (Å²) in [5.74, 6) is 0.0929. The summed E-state index contributed by atoms with van der Waals surface area (Å²) < 4.78 is 5.57. The summed E-state index contributed by atoms with van der Waals surface area (Å²) in [7, 11) is 0. The summed E-state index contributed by atoms with van der Waals surface area (Å²) in [5.41, 5.74) is 0.711. The van der Waals surface area contributed by atoms with Crippen LogP contribution < -0.4 is 4.74 Å². The lowest BCUT2D eigenvalue weighted by Gasteiger charge is -2.15. The van der Waals surface area contributed by atoms with E-state index in [4.69, 9.17) is 33.2 Å². The van der Waals surface area contributed by atoms with Crippen LogP contribution in [0.2, 0.25) is 10.0 Å². The van der Waals surface area contributed by atoms with E-state index in [1.807, 2.05) is 6.07 Å². The predicted molar refractivity (Wildman–Crippen MR) is 82.0 cm³/mol. The summed E-state index contributed by atoms with van der Waals surface area (Å²) in [6.45, 7) is 1.61. The normalized spacial score (nSPS) is 11.5. The summed E-state index contributed by atoms with van der Waals surface area (Å²) in [6.07, 6.45) is -0.766. The van der Waals surface area contributed by atoms with E-state index in [2.05, 4.69) is 0 Å². The molecular formula is C16H11Cl2NO2. The number of ether oxygens (including phenoxy) is 1. The molecule has 0 fully saturated rings. The maximum absolute atomic E-state index is 12.3. The minimum Gasteiger partial charge on any atom is -0.481 e. The second kappa shape index (κ2) is 6.62. The number of nitrogens with zero attached hydrogens (tertiary/aromatic N) is 1. The maximum Gasteiger partial charge on any atom is 0.204 e. The van der Waals surface area contributed by atoms with E-state index in [-0.39, 0.29) is 10.8 Å². The van der Waals surface area contributed by atoms with Crippen LogP contribution in [0.15, 0.2) is 42.5 Å². The third kappa shape index (κ3) is 3.55. The van der Waals surface area contributed by atoms with Gasteiger partial charge in [0.05, 0.1) is 10.6 Å². The van der Waals surface area contributed by atoms with Crippen molar-refractivity contribution in [3.63, 3.8) is 0 Å². The van der Waals surface area contributed by atoms with Crippen molar-refractivity contribution in [3.05, 3.63) is 63.6 Å². The lowest BCUT2D eigenvalue weighted by atomic mass is 10.1. The molecule has 0 amide bonds. The van der Waals surface area contributed by atoms with Crippen molar-refractivity contribution in [2.45, 2.75) is 13.0 Å². The molecule has 2 aromatic rings. The van der Waals surface area contributed by atoms with E-state index in [0.717, 1.165) is 0 Å². The molecule has 2 rings (SSSR count). The Hall–Kier alpha value is -2.02. The lowest BCUT2D eigenvalue weighted by molar-refractivity contribution is 0.0818. The van der Waals surface area contributed by atoms with Crippen LogP contribution in [-0.4, -0.2) is 11.9 Å². The number of Topliss-reactive ketones (excluding diaryl/α,β-unsaturated/α-hetero) is 1. The van der Waals surface area contributed by atoms with Gasteiger partial charge in [-0.05, 0) is 37.3 Å². The fraction of sp³-hybridized carbons (Fsp3) is 0.125. The smallest absolute Gasteiger partial charge is 0.204 e. The summed E-state index contributed by atoms with van der Waals surface area (Å²) in [4.78, 5) is 12.3. The molecule has 0 aromatic heterocycles. The van der Waals surface area contributed by atoms with Crippen molar-refractivity contribution in [3.8, 4) is 11.8 Å². The minimum absolute atomic E-state index is 0.274. The van der Waals surface area contributed by atoms with Crippen molar-refractivity contribution >= 4 is 29.0 Å². The fourth-order valence-corrected chi connectivity index (χ4v) is 2.32. The number of carbonyl (C=O) groups is 1. The van der Waals surface area contributed by atoms with Crippen LogP contribution in [0.3, 0.4) is 0 Å². The van der Waals surface area contributed by atoms with Crippen LogP contribution in [0.1, 0.15) is 22.8 Å². The molecule has 2 aromatic carbocycles. The van der Waals surface area contributed by atoms with Crippen molar-refractivity contribution in [2.24, 2.45) is 0 Å². The molecule has 0 saturated heterocycles. The summed E-state index contributed by atoms with van der Waals surface area (Å²) in [5, 5.41) is 9.74. The summed E-state index contributed by atoms with van der Waals surface area (Å²) >= 11 is 11.8. The largest absolute Gasteiger partial charge is 0.481 e. The van der Waals surface area contributed by atoms with Gasteiger partial charge in [0.25, 0.3) is 0 Å². The number of benzene rings is 2. The van der Waals surface area contributed by atoms with Crippen molar-refractivity contribution < 1.29 is 9.53 Å².